The molecular formula is C82H163NO5. The van der Waals surface area contributed by atoms with Crippen LogP contribution in [0.2, 0.25) is 0 Å². The van der Waals surface area contributed by atoms with Crippen LogP contribution in [0, 0.1) is 0 Å². The number of hydrogen-bond donors (Lipinski definition) is 3. The predicted octanol–water partition coefficient (Wildman–Crippen LogP) is 27.3. The van der Waals surface area contributed by atoms with Crippen molar-refractivity contribution >= 4 is 11.9 Å². The van der Waals surface area contributed by atoms with Crippen molar-refractivity contribution in [2.75, 3.05) is 13.2 Å². The van der Waals surface area contributed by atoms with Crippen molar-refractivity contribution in [1.29, 1.82) is 0 Å². The summed E-state index contributed by atoms with van der Waals surface area (Å²) in [6, 6.07) is -0.538. The monoisotopic (exact) mass is 1240 g/mol. The molecule has 1 amide bonds. The summed E-state index contributed by atoms with van der Waals surface area (Å²) in [5, 5.41) is 23.5. The first-order chi connectivity index (χ1) is 43.5. The van der Waals surface area contributed by atoms with E-state index in [1.165, 1.54) is 417 Å². The van der Waals surface area contributed by atoms with Crippen LogP contribution in [-0.4, -0.2) is 47.4 Å². The van der Waals surface area contributed by atoms with E-state index in [2.05, 4.69) is 19.2 Å². The average Bonchev–Trinajstić information content (AvgIpc) is 3.58. The molecule has 0 aromatic rings. The Bertz CT molecular complexity index is 1290. The molecule has 6 nitrogen and oxygen atoms in total. The van der Waals surface area contributed by atoms with Crippen LogP contribution in [0.4, 0.5) is 0 Å². The maximum absolute atomic E-state index is 12.6. The van der Waals surface area contributed by atoms with E-state index < -0.39 is 12.1 Å². The molecular weight excluding hydrogens is 1080 g/mol. The Hall–Kier alpha value is -1.14. The molecule has 0 rings (SSSR count). The molecule has 0 aromatic carbocycles. The Balaban J connectivity index is 3.31. The standard InChI is InChI=1S/C82H163NO5/c1-3-5-7-9-11-13-15-17-19-21-23-24-36-39-42-46-50-54-58-62-66-70-74-80(85)79(78-84)83-81(86)75-71-67-63-59-55-51-47-43-40-37-34-32-30-28-26-25-27-29-31-33-35-38-41-45-49-53-57-61-65-69-73-77-88-82(87)76-72-68-64-60-56-52-48-44-22-20-18-16-14-12-10-8-6-4-2/h79-80,84-85H,3-78H2,1-2H3,(H,83,86). The number of ether oxygens (including phenoxy) is 1. The second kappa shape index (κ2) is 78.3. The maximum atomic E-state index is 12.6. The van der Waals surface area contributed by atoms with E-state index in [9.17, 15) is 19.8 Å². The van der Waals surface area contributed by atoms with Gasteiger partial charge in [-0.25, -0.2) is 0 Å². The van der Waals surface area contributed by atoms with Gasteiger partial charge >= 0.3 is 5.97 Å². The average molecular weight is 1240 g/mol. The molecule has 0 aliphatic heterocycles. The lowest BCUT2D eigenvalue weighted by Crippen LogP contribution is -2.45. The molecule has 0 heterocycles. The molecule has 2 unspecified atom stereocenters. The van der Waals surface area contributed by atoms with Crippen molar-refractivity contribution < 1.29 is 24.5 Å². The van der Waals surface area contributed by atoms with Crippen molar-refractivity contribution in [3.05, 3.63) is 0 Å². The lowest BCUT2D eigenvalue weighted by Gasteiger charge is -2.22. The van der Waals surface area contributed by atoms with Gasteiger partial charge in [0.2, 0.25) is 5.91 Å². The summed E-state index contributed by atoms with van der Waals surface area (Å²) in [6.07, 6.45) is 97.8. The van der Waals surface area contributed by atoms with Gasteiger partial charge in [0.05, 0.1) is 25.4 Å². The minimum absolute atomic E-state index is 0.0243. The van der Waals surface area contributed by atoms with E-state index in [0.29, 0.717) is 25.9 Å². The van der Waals surface area contributed by atoms with Crippen LogP contribution in [0.15, 0.2) is 0 Å². The first kappa shape index (κ1) is 86.9. The molecule has 88 heavy (non-hydrogen) atoms. The van der Waals surface area contributed by atoms with Gasteiger partial charge in [-0.15, -0.1) is 0 Å². The normalized spacial score (nSPS) is 12.4. The maximum Gasteiger partial charge on any atom is 0.305 e. The van der Waals surface area contributed by atoms with Gasteiger partial charge in [-0.1, -0.05) is 450 Å². The predicted molar refractivity (Wildman–Crippen MR) is 389 cm³/mol. The molecule has 0 radical (unpaired) electrons. The summed E-state index contributed by atoms with van der Waals surface area (Å²) >= 11 is 0. The fourth-order valence-electron chi connectivity index (χ4n) is 13.6. The van der Waals surface area contributed by atoms with Gasteiger partial charge < -0.3 is 20.3 Å². The molecule has 6 heteroatoms. The van der Waals surface area contributed by atoms with Gasteiger partial charge in [-0.2, -0.15) is 0 Å². The van der Waals surface area contributed by atoms with Crippen LogP contribution in [-0.2, 0) is 14.3 Å². The van der Waals surface area contributed by atoms with Gasteiger partial charge in [0.1, 0.15) is 0 Å². The van der Waals surface area contributed by atoms with E-state index in [1.54, 1.807) is 0 Å². The molecule has 0 saturated carbocycles. The number of esters is 1. The highest BCUT2D eigenvalue weighted by molar-refractivity contribution is 5.76. The molecule has 0 aromatic heterocycles. The molecule has 0 aliphatic carbocycles. The Morgan fingerprint density at radius 3 is 0.693 bits per heavy atom. The van der Waals surface area contributed by atoms with Crippen LogP contribution < -0.4 is 5.32 Å². The largest absolute Gasteiger partial charge is 0.466 e. The lowest BCUT2D eigenvalue weighted by atomic mass is 10.0. The van der Waals surface area contributed by atoms with Crippen molar-refractivity contribution in [2.24, 2.45) is 0 Å². The summed E-state index contributed by atoms with van der Waals surface area (Å²) in [6.45, 7) is 5.03. The van der Waals surface area contributed by atoms with E-state index in [1.807, 2.05) is 0 Å². The molecule has 526 valence electrons. The van der Waals surface area contributed by atoms with Crippen LogP contribution in [0.1, 0.15) is 489 Å². The second-order valence-electron chi connectivity index (χ2n) is 28.8. The number of unbranched alkanes of at least 4 members (excludes halogenated alkanes) is 68. The summed E-state index contributed by atoms with van der Waals surface area (Å²) in [4.78, 5) is 24.7. The topological polar surface area (TPSA) is 95.9 Å². The van der Waals surface area contributed by atoms with Gasteiger partial charge in [0.25, 0.3) is 0 Å². The fourth-order valence-corrected chi connectivity index (χ4v) is 13.6. The first-order valence-corrected chi connectivity index (χ1v) is 41.3. The highest BCUT2D eigenvalue weighted by Gasteiger charge is 2.20. The van der Waals surface area contributed by atoms with Crippen molar-refractivity contribution in [2.45, 2.75) is 501 Å². The van der Waals surface area contributed by atoms with Crippen molar-refractivity contribution in [3.8, 4) is 0 Å². The van der Waals surface area contributed by atoms with E-state index >= 15 is 0 Å². The third-order valence-corrected chi connectivity index (χ3v) is 19.9. The second-order valence-corrected chi connectivity index (χ2v) is 28.8. The number of hydrogen-bond acceptors (Lipinski definition) is 5. The SMILES string of the molecule is CCCCCCCCCCCCCCCCCCCCCCCCC(O)C(CO)NC(=O)CCCCCCCCCCCCCCCCCCCCCCCCCCCCCCCCCOC(=O)CCCCCCCCCCCCCCCCCCCC. The first-order valence-electron chi connectivity index (χ1n) is 41.3. The lowest BCUT2D eigenvalue weighted by molar-refractivity contribution is -0.143. The fraction of sp³-hybridized carbons (Fsp3) is 0.976. The number of amides is 1. The van der Waals surface area contributed by atoms with Crippen molar-refractivity contribution in [3.63, 3.8) is 0 Å². The molecule has 3 N–H and O–H groups in total. The Labute approximate surface area is 553 Å². The van der Waals surface area contributed by atoms with Gasteiger partial charge in [-0.05, 0) is 25.7 Å². The molecule has 0 bridgehead atoms. The summed E-state index contributed by atoms with van der Waals surface area (Å²) < 4.78 is 5.52. The number of carbonyl (C=O) groups excluding carboxylic acids is 2. The highest BCUT2D eigenvalue weighted by atomic mass is 16.5. The van der Waals surface area contributed by atoms with E-state index in [4.69, 9.17) is 4.74 Å². The zero-order chi connectivity index (χ0) is 63.5. The van der Waals surface area contributed by atoms with Crippen LogP contribution >= 0.6 is 0 Å². The number of aliphatic hydroxyl groups is 2. The van der Waals surface area contributed by atoms with Gasteiger partial charge in [0.15, 0.2) is 0 Å². The van der Waals surface area contributed by atoms with E-state index in [0.717, 1.165) is 38.5 Å². The zero-order valence-electron chi connectivity index (χ0n) is 60.5. The molecule has 0 spiro atoms. The van der Waals surface area contributed by atoms with E-state index in [-0.39, 0.29) is 18.5 Å². The summed E-state index contributed by atoms with van der Waals surface area (Å²) in [5.41, 5.74) is 0. The molecule has 2 atom stereocenters. The highest BCUT2D eigenvalue weighted by Crippen LogP contribution is 2.21. The minimum atomic E-state index is -0.662. The Morgan fingerprint density at radius 1 is 0.273 bits per heavy atom. The number of aliphatic hydroxyl groups excluding tert-OH is 2. The number of rotatable bonds is 79. The van der Waals surface area contributed by atoms with Crippen molar-refractivity contribution in [1.82, 2.24) is 5.32 Å². The minimum Gasteiger partial charge on any atom is -0.466 e. The van der Waals surface area contributed by atoms with Crippen LogP contribution in [0.25, 0.3) is 0 Å². The molecule has 0 fully saturated rings. The quantitative estimate of drug-likeness (QED) is 0.0417. The molecule has 0 saturated heterocycles. The summed E-state index contributed by atoms with van der Waals surface area (Å²) in [7, 11) is 0. The Kier molecular flexibility index (Phi) is 77.3. The smallest absolute Gasteiger partial charge is 0.305 e. The number of carbonyl (C=O) groups is 2. The van der Waals surface area contributed by atoms with Crippen LogP contribution in [0.5, 0.6) is 0 Å². The van der Waals surface area contributed by atoms with Gasteiger partial charge in [-0.3, -0.25) is 9.59 Å². The third kappa shape index (κ3) is 73.9. The van der Waals surface area contributed by atoms with Gasteiger partial charge in [0, 0.05) is 12.8 Å². The van der Waals surface area contributed by atoms with Crippen LogP contribution in [0.3, 0.4) is 0 Å². The summed E-state index contributed by atoms with van der Waals surface area (Å²) in [5.74, 6) is 0.00258. The number of nitrogens with one attached hydrogen (secondary N) is 1. The zero-order valence-corrected chi connectivity index (χ0v) is 60.5. The molecule has 0 aliphatic rings. The Morgan fingerprint density at radius 2 is 0.466 bits per heavy atom. The third-order valence-electron chi connectivity index (χ3n) is 19.9.